The van der Waals surface area contributed by atoms with Gasteiger partial charge in [0, 0.05) is 17.8 Å². The zero-order valence-electron chi connectivity index (χ0n) is 10.1. The van der Waals surface area contributed by atoms with Crippen molar-refractivity contribution in [1.29, 1.82) is 0 Å². The largest absolute Gasteiger partial charge is 0.465 e. The number of nitro groups is 1. The molecule has 0 spiro atoms. The minimum Gasteiger partial charge on any atom is -0.465 e. The van der Waals surface area contributed by atoms with Gasteiger partial charge in [0.15, 0.2) is 0 Å². The van der Waals surface area contributed by atoms with Gasteiger partial charge in [-0.25, -0.2) is 0 Å². The van der Waals surface area contributed by atoms with Crippen LogP contribution in [0, 0.1) is 10.1 Å². The Hall–Kier alpha value is -2.60. The average molecular weight is 293 g/mol. The van der Waals surface area contributed by atoms with Crippen LogP contribution in [-0.2, 0) is 4.79 Å². The highest BCUT2D eigenvalue weighted by Gasteiger charge is 2.13. The standard InChI is InChI=1S/C13H9ClN2O4/c14-11-5-3-9(8-12(11)16(18)19)15-13(17)6-4-10-2-1-7-20-10/h1-8H,(H,15,17)/b6-4+. The summed E-state index contributed by atoms with van der Waals surface area (Å²) in [6.07, 6.45) is 4.24. The molecule has 1 amide bonds. The monoisotopic (exact) mass is 292 g/mol. The molecule has 2 aromatic rings. The summed E-state index contributed by atoms with van der Waals surface area (Å²) in [7, 11) is 0. The molecule has 0 fully saturated rings. The molecule has 6 nitrogen and oxygen atoms in total. The van der Waals surface area contributed by atoms with Crippen molar-refractivity contribution in [2.45, 2.75) is 0 Å². The van der Waals surface area contributed by atoms with Crippen molar-refractivity contribution in [2.24, 2.45) is 0 Å². The molecule has 0 saturated heterocycles. The van der Waals surface area contributed by atoms with Gasteiger partial charge in [-0.1, -0.05) is 11.6 Å². The molecule has 0 unspecified atom stereocenters. The Morgan fingerprint density at radius 1 is 1.40 bits per heavy atom. The highest BCUT2D eigenvalue weighted by Crippen LogP contribution is 2.27. The number of anilines is 1. The van der Waals surface area contributed by atoms with Gasteiger partial charge in [-0.05, 0) is 30.3 Å². The van der Waals surface area contributed by atoms with Crippen molar-refractivity contribution < 1.29 is 14.1 Å². The van der Waals surface area contributed by atoms with Crippen LogP contribution in [0.3, 0.4) is 0 Å². The van der Waals surface area contributed by atoms with E-state index in [1.165, 1.54) is 36.6 Å². The number of rotatable bonds is 4. The summed E-state index contributed by atoms with van der Waals surface area (Å²) in [6, 6.07) is 7.41. The zero-order chi connectivity index (χ0) is 14.5. The van der Waals surface area contributed by atoms with E-state index >= 15 is 0 Å². The van der Waals surface area contributed by atoms with E-state index in [0.717, 1.165) is 0 Å². The van der Waals surface area contributed by atoms with E-state index in [2.05, 4.69) is 5.32 Å². The van der Waals surface area contributed by atoms with Crippen LogP contribution in [0.1, 0.15) is 5.76 Å². The Morgan fingerprint density at radius 2 is 2.20 bits per heavy atom. The predicted molar refractivity (Wildman–Crippen MR) is 74.5 cm³/mol. The highest BCUT2D eigenvalue weighted by atomic mass is 35.5. The zero-order valence-corrected chi connectivity index (χ0v) is 10.8. The number of benzene rings is 1. The molecule has 20 heavy (non-hydrogen) atoms. The molecule has 1 aromatic carbocycles. The maximum absolute atomic E-state index is 11.6. The molecule has 0 saturated carbocycles. The van der Waals surface area contributed by atoms with E-state index in [0.29, 0.717) is 5.76 Å². The Kier molecular flexibility index (Phi) is 4.17. The van der Waals surface area contributed by atoms with Crippen molar-refractivity contribution in [3.8, 4) is 0 Å². The lowest BCUT2D eigenvalue weighted by molar-refractivity contribution is -0.384. The molecule has 0 bridgehead atoms. The van der Waals surface area contributed by atoms with Crippen LogP contribution in [0.25, 0.3) is 6.08 Å². The number of carbonyl (C=O) groups excluding carboxylic acids is 1. The van der Waals surface area contributed by atoms with Gasteiger partial charge in [0.1, 0.15) is 10.8 Å². The maximum Gasteiger partial charge on any atom is 0.289 e. The Labute approximate surface area is 118 Å². The Balaban J connectivity index is 2.08. The molecule has 102 valence electrons. The van der Waals surface area contributed by atoms with Gasteiger partial charge in [-0.15, -0.1) is 0 Å². The third kappa shape index (κ3) is 3.46. The summed E-state index contributed by atoms with van der Waals surface area (Å²) in [5.74, 6) is 0.0975. The first-order chi connectivity index (χ1) is 9.56. The van der Waals surface area contributed by atoms with Crippen molar-refractivity contribution >= 4 is 35.0 Å². The molecular formula is C13H9ClN2O4. The quantitative estimate of drug-likeness (QED) is 0.531. The summed E-state index contributed by atoms with van der Waals surface area (Å²) in [5, 5.41) is 13.2. The SMILES string of the molecule is O=C(/C=C/c1ccco1)Nc1ccc(Cl)c([N+](=O)[O-])c1. The van der Waals surface area contributed by atoms with Crippen LogP contribution in [0.2, 0.25) is 5.02 Å². The van der Waals surface area contributed by atoms with E-state index in [9.17, 15) is 14.9 Å². The second-order valence-corrected chi connectivity index (χ2v) is 4.17. The van der Waals surface area contributed by atoms with Crippen LogP contribution >= 0.6 is 11.6 Å². The Bertz CT molecular complexity index is 665. The van der Waals surface area contributed by atoms with Gasteiger partial charge in [0.25, 0.3) is 5.69 Å². The fourth-order valence-electron chi connectivity index (χ4n) is 1.46. The van der Waals surface area contributed by atoms with Crippen LogP contribution < -0.4 is 5.32 Å². The van der Waals surface area contributed by atoms with Gasteiger partial charge in [-0.2, -0.15) is 0 Å². The molecule has 0 aliphatic heterocycles. The van der Waals surface area contributed by atoms with E-state index in [1.807, 2.05) is 0 Å². The van der Waals surface area contributed by atoms with Gasteiger partial charge < -0.3 is 9.73 Å². The molecule has 0 atom stereocenters. The number of carbonyl (C=O) groups is 1. The maximum atomic E-state index is 11.6. The number of hydrogen-bond acceptors (Lipinski definition) is 4. The second kappa shape index (κ2) is 6.03. The number of halogens is 1. The Morgan fingerprint density at radius 3 is 2.85 bits per heavy atom. The number of furan rings is 1. The average Bonchev–Trinajstić information content (AvgIpc) is 2.91. The number of nitro benzene ring substituents is 1. The van der Waals surface area contributed by atoms with Crippen molar-refractivity contribution in [1.82, 2.24) is 0 Å². The van der Waals surface area contributed by atoms with E-state index in [1.54, 1.807) is 12.1 Å². The number of amides is 1. The van der Waals surface area contributed by atoms with Crippen LogP contribution in [0.15, 0.2) is 47.1 Å². The molecule has 0 aliphatic rings. The van der Waals surface area contributed by atoms with E-state index in [-0.39, 0.29) is 16.4 Å². The number of nitrogens with one attached hydrogen (secondary N) is 1. The first-order valence-corrected chi connectivity index (χ1v) is 5.90. The molecule has 7 heteroatoms. The van der Waals surface area contributed by atoms with Gasteiger partial charge in [-0.3, -0.25) is 14.9 Å². The van der Waals surface area contributed by atoms with E-state index in [4.69, 9.17) is 16.0 Å². The molecule has 0 aliphatic carbocycles. The number of nitrogens with zero attached hydrogens (tertiary/aromatic N) is 1. The smallest absolute Gasteiger partial charge is 0.289 e. The van der Waals surface area contributed by atoms with Crippen LogP contribution in [-0.4, -0.2) is 10.8 Å². The topological polar surface area (TPSA) is 85.4 Å². The predicted octanol–water partition coefficient (Wildman–Crippen LogP) is 3.49. The number of hydrogen-bond donors (Lipinski definition) is 1. The summed E-state index contributed by atoms with van der Waals surface area (Å²) in [5.41, 5.74) is 0.0228. The third-order valence-corrected chi connectivity index (χ3v) is 2.67. The summed E-state index contributed by atoms with van der Waals surface area (Å²) >= 11 is 5.68. The summed E-state index contributed by atoms with van der Waals surface area (Å²) in [4.78, 5) is 21.7. The molecule has 2 rings (SSSR count). The molecule has 0 radical (unpaired) electrons. The molecule has 1 aromatic heterocycles. The van der Waals surface area contributed by atoms with Gasteiger partial charge >= 0.3 is 0 Å². The summed E-state index contributed by atoms with van der Waals surface area (Å²) in [6.45, 7) is 0. The summed E-state index contributed by atoms with van der Waals surface area (Å²) < 4.78 is 5.03. The van der Waals surface area contributed by atoms with Crippen molar-refractivity contribution in [3.05, 3.63) is 63.6 Å². The first kappa shape index (κ1) is 13.8. The lowest BCUT2D eigenvalue weighted by atomic mass is 10.2. The van der Waals surface area contributed by atoms with Gasteiger partial charge in [0.2, 0.25) is 5.91 Å². The fourth-order valence-corrected chi connectivity index (χ4v) is 1.64. The highest BCUT2D eigenvalue weighted by molar-refractivity contribution is 6.32. The second-order valence-electron chi connectivity index (χ2n) is 3.76. The lowest BCUT2D eigenvalue weighted by Crippen LogP contribution is -2.07. The van der Waals surface area contributed by atoms with Gasteiger partial charge in [0.05, 0.1) is 11.2 Å². The fraction of sp³-hybridized carbons (Fsp3) is 0. The molecule has 1 N–H and O–H groups in total. The minimum absolute atomic E-state index is 0.0131. The van der Waals surface area contributed by atoms with Crippen LogP contribution in [0.4, 0.5) is 11.4 Å². The molecule has 1 heterocycles. The lowest BCUT2D eigenvalue weighted by Gasteiger charge is -2.02. The third-order valence-electron chi connectivity index (χ3n) is 2.35. The normalized spacial score (nSPS) is 10.7. The van der Waals surface area contributed by atoms with E-state index < -0.39 is 10.8 Å². The molecular weight excluding hydrogens is 284 g/mol. The first-order valence-electron chi connectivity index (χ1n) is 5.53. The van der Waals surface area contributed by atoms with Crippen LogP contribution in [0.5, 0.6) is 0 Å². The van der Waals surface area contributed by atoms with Crippen molar-refractivity contribution in [2.75, 3.05) is 5.32 Å². The minimum atomic E-state index is -0.614. The van der Waals surface area contributed by atoms with Crippen molar-refractivity contribution in [3.63, 3.8) is 0 Å².